The Kier molecular flexibility index (Phi) is 3.85. The van der Waals surface area contributed by atoms with Gasteiger partial charge in [0.2, 0.25) is 0 Å². The summed E-state index contributed by atoms with van der Waals surface area (Å²) < 4.78 is 1.82. The molecule has 0 aliphatic rings. The van der Waals surface area contributed by atoms with Crippen molar-refractivity contribution in [1.29, 1.82) is 0 Å². The Morgan fingerprint density at radius 3 is 2.12 bits per heavy atom. The fraction of sp³-hybridized carbons (Fsp3) is 0.154. The van der Waals surface area contributed by atoms with Gasteiger partial charge in [-0.05, 0) is 63.9 Å². The van der Waals surface area contributed by atoms with Crippen LogP contribution in [0.5, 0.6) is 0 Å². The Morgan fingerprint density at radius 1 is 1.06 bits per heavy atom. The summed E-state index contributed by atoms with van der Waals surface area (Å²) in [5.41, 5.74) is 3.68. The number of carbonyl (C=O) groups excluding carboxylic acids is 1. The van der Waals surface area contributed by atoms with Gasteiger partial charge in [-0.1, -0.05) is 17.2 Å². The van der Waals surface area contributed by atoms with Crippen LogP contribution in [0.4, 0.5) is 0 Å². The smallest absolute Gasteiger partial charge is 0.195 e. The Morgan fingerprint density at radius 2 is 1.65 bits per heavy atom. The van der Waals surface area contributed by atoms with Gasteiger partial charge in [0.05, 0.1) is 7.57 Å². The highest BCUT2D eigenvalue weighted by atomic mass is 79.9. The number of carbonyl (C=O) groups is 1. The minimum absolute atomic E-state index is 0.0608. The Hall–Kier alpha value is -0.450. The van der Waals surface area contributed by atoms with Crippen LogP contribution in [0.25, 0.3) is 0 Å². The van der Waals surface area contributed by atoms with E-state index in [1.165, 1.54) is 11.3 Å². The van der Waals surface area contributed by atoms with Gasteiger partial charge in [-0.25, -0.2) is 0 Å². The van der Waals surface area contributed by atoms with Crippen LogP contribution >= 0.6 is 43.2 Å². The maximum atomic E-state index is 12.3. The van der Waals surface area contributed by atoms with Crippen LogP contribution in [-0.4, -0.2) is 5.78 Å². The molecule has 0 bridgehead atoms. The Bertz CT molecular complexity index is 567. The molecule has 0 radical (unpaired) electrons. The van der Waals surface area contributed by atoms with E-state index in [9.17, 15) is 4.79 Å². The number of hydrogen-bond donors (Lipinski definition) is 0. The van der Waals surface area contributed by atoms with E-state index in [0.29, 0.717) is 5.56 Å². The fourth-order valence-electron chi connectivity index (χ4n) is 1.76. The lowest BCUT2D eigenvalue weighted by molar-refractivity contribution is 0.103. The highest BCUT2D eigenvalue weighted by Gasteiger charge is 2.16. The number of ketones is 1. The minimum atomic E-state index is 0.0608. The van der Waals surface area contributed by atoms with Crippen LogP contribution in [-0.2, 0) is 0 Å². The van der Waals surface area contributed by atoms with Crippen molar-refractivity contribution in [1.82, 2.24) is 0 Å². The predicted octanol–water partition coefficient (Wildman–Crippen LogP) is 5.12. The molecule has 2 rings (SSSR count). The maximum absolute atomic E-state index is 12.3. The van der Waals surface area contributed by atoms with Gasteiger partial charge < -0.3 is 0 Å². The summed E-state index contributed by atoms with van der Waals surface area (Å²) in [6.07, 6.45) is 0. The Labute approximate surface area is 121 Å². The van der Waals surface area contributed by atoms with Crippen molar-refractivity contribution in [2.75, 3.05) is 0 Å². The van der Waals surface area contributed by atoms with E-state index >= 15 is 0 Å². The molecule has 1 heterocycles. The molecule has 0 amide bonds. The normalized spacial score (nSPS) is 10.6. The maximum Gasteiger partial charge on any atom is 0.195 e. The molecule has 0 aliphatic carbocycles. The summed E-state index contributed by atoms with van der Waals surface area (Å²) in [7, 11) is 0. The second-order valence-electron chi connectivity index (χ2n) is 3.94. The molecular formula is C13H10Br2OS. The minimum Gasteiger partial charge on any atom is -0.289 e. The highest BCUT2D eigenvalue weighted by Crippen LogP contribution is 2.33. The summed E-state index contributed by atoms with van der Waals surface area (Å²) in [5, 5.41) is 0. The first-order chi connectivity index (χ1) is 7.97. The van der Waals surface area contributed by atoms with E-state index in [0.717, 1.165) is 24.3 Å². The lowest BCUT2D eigenvalue weighted by Crippen LogP contribution is -2.01. The topological polar surface area (TPSA) is 17.1 Å². The molecule has 88 valence electrons. The Balaban J connectivity index is 2.47. The third-order valence-electron chi connectivity index (χ3n) is 2.39. The average molecular weight is 374 g/mol. The van der Waals surface area contributed by atoms with Gasteiger partial charge in [0.25, 0.3) is 0 Å². The summed E-state index contributed by atoms with van der Waals surface area (Å²) in [4.78, 5) is 12.3. The number of hydrogen-bond acceptors (Lipinski definition) is 2. The third-order valence-corrected chi connectivity index (χ3v) is 4.72. The molecule has 0 N–H and O–H groups in total. The highest BCUT2D eigenvalue weighted by molar-refractivity contribution is 9.12. The van der Waals surface area contributed by atoms with E-state index in [2.05, 4.69) is 37.9 Å². The molecule has 0 saturated heterocycles. The zero-order valence-corrected chi connectivity index (χ0v) is 13.4. The molecule has 1 aromatic heterocycles. The summed E-state index contributed by atoms with van der Waals surface area (Å²) >= 11 is 8.32. The van der Waals surface area contributed by atoms with Crippen LogP contribution in [0.1, 0.15) is 27.0 Å². The van der Waals surface area contributed by atoms with Crippen molar-refractivity contribution in [2.45, 2.75) is 13.8 Å². The van der Waals surface area contributed by atoms with Gasteiger partial charge in [0.15, 0.2) is 5.78 Å². The van der Waals surface area contributed by atoms with Gasteiger partial charge in [0.1, 0.15) is 0 Å². The molecular weight excluding hydrogens is 364 g/mol. The molecule has 0 atom stereocenters. The van der Waals surface area contributed by atoms with E-state index in [-0.39, 0.29) is 5.78 Å². The number of aryl methyl sites for hydroxylation is 2. The van der Waals surface area contributed by atoms with Crippen LogP contribution in [0, 0.1) is 13.8 Å². The van der Waals surface area contributed by atoms with Crippen LogP contribution < -0.4 is 0 Å². The molecule has 1 aromatic carbocycles. The number of benzene rings is 1. The first-order valence-corrected chi connectivity index (χ1v) is 7.45. The summed E-state index contributed by atoms with van der Waals surface area (Å²) in [5.74, 6) is 0.0608. The number of halogens is 2. The van der Waals surface area contributed by atoms with Crippen molar-refractivity contribution in [3.8, 4) is 0 Å². The van der Waals surface area contributed by atoms with E-state index in [1.807, 2.05) is 32.0 Å². The second kappa shape index (κ2) is 5.04. The van der Waals surface area contributed by atoms with Crippen molar-refractivity contribution < 1.29 is 4.79 Å². The van der Waals surface area contributed by atoms with Crippen LogP contribution in [0.3, 0.4) is 0 Å². The quantitative estimate of drug-likeness (QED) is 0.667. The summed E-state index contributed by atoms with van der Waals surface area (Å²) in [6, 6.07) is 7.77. The third kappa shape index (κ3) is 2.87. The second-order valence-corrected chi connectivity index (χ2v) is 7.69. The molecule has 4 heteroatoms. The first kappa shape index (κ1) is 13.0. The number of thiophene rings is 1. The van der Waals surface area contributed by atoms with Crippen molar-refractivity contribution in [3.05, 3.63) is 54.1 Å². The van der Waals surface area contributed by atoms with E-state index < -0.39 is 0 Å². The van der Waals surface area contributed by atoms with Crippen molar-refractivity contribution in [2.24, 2.45) is 0 Å². The molecule has 0 fully saturated rings. The van der Waals surface area contributed by atoms with Gasteiger partial charge in [0, 0.05) is 11.1 Å². The van der Waals surface area contributed by atoms with Gasteiger partial charge >= 0.3 is 0 Å². The summed E-state index contributed by atoms with van der Waals surface area (Å²) in [6.45, 7) is 4.00. The van der Waals surface area contributed by atoms with Crippen LogP contribution in [0.15, 0.2) is 31.8 Å². The molecule has 17 heavy (non-hydrogen) atoms. The fourth-order valence-corrected chi connectivity index (χ4v) is 4.55. The lowest BCUT2D eigenvalue weighted by atomic mass is 10.0. The molecule has 1 nitrogen and oxygen atoms in total. The van der Waals surface area contributed by atoms with Crippen molar-refractivity contribution >= 4 is 49.0 Å². The first-order valence-electron chi connectivity index (χ1n) is 5.05. The van der Waals surface area contributed by atoms with Gasteiger partial charge in [-0.3, -0.25) is 4.79 Å². The van der Waals surface area contributed by atoms with Crippen LogP contribution in [0.2, 0.25) is 0 Å². The zero-order valence-electron chi connectivity index (χ0n) is 9.38. The molecule has 0 unspecified atom stereocenters. The molecule has 0 saturated carbocycles. The van der Waals surface area contributed by atoms with Gasteiger partial charge in [-0.15, -0.1) is 11.3 Å². The lowest BCUT2D eigenvalue weighted by Gasteiger charge is -2.03. The monoisotopic (exact) mass is 372 g/mol. The van der Waals surface area contributed by atoms with E-state index in [4.69, 9.17) is 0 Å². The predicted molar refractivity (Wildman–Crippen MR) is 79.1 cm³/mol. The molecule has 0 aliphatic heterocycles. The molecule has 0 spiro atoms. The van der Waals surface area contributed by atoms with Crippen molar-refractivity contribution in [3.63, 3.8) is 0 Å². The average Bonchev–Trinajstić information content (AvgIpc) is 2.55. The largest absolute Gasteiger partial charge is 0.289 e. The SMILES string of the molecule is Cc1cc(C)cc(C(=O)c2cc(Br)sc2Br)c1. The zero-order chi connectivity index (χ0) is 12.6. The van der Waals surface area contributed by atoms with Gasteiger partial charge in [-0.2, -0.15) is 0 Å². The molecule has 2 aromatic rings. The van der Waals surface area contributed by atoms with E-state index in [1.54, 1.807) is 0 Å². The standard InChI is InChI=1S/C13H10Br2OS/c1-7-3-8(2)5-9(4-7)12(16)10-6-11(14)17-13(10)15/h3-6H,1-2H3. The number of rotatable bonds is 2.